The van der Waals surface area contributed by atoms with Gasteiger partial charge >= 0.3 is 0 Å². The lowest BCUT2D eigenvalue weighted by Crippen LogP contribution is -2.29. The number of ether oxygens (including phenoxy) is 1. The molecule has 0 unspecified atom stereocenters. The highest BCUT2D eigenvalue weighted by Crippen LogP contribution is 2.31. The highest BCUT2D eigenvalue weighted by Gasteiger charge is 2.19. The van der Waals surface area contributed by atoms with E-state index in [1.54, 1.807) is 23.0 Å². The highest BCUT2D eigenvalue weighted by molar-refractivity contribution is 6.31. The largest absolute Gasteiger partial charge is 0.495 e. The number of nitrogens with zero attached hydrogens (tertiary/aromatic N) is 3. The summed E-state index contributed by atoms with van der Waals surface area (Å²) in [6.45, 7) is 3.77. The minimum absolute atomic E-state index is 0.281. The lowest BCUT2D eigenvalue weighted by Gasteiger charge is -2.22. The van der Waals surface area contributed by atoms with Crippen LogP contribution in [0.5, 0.6) is 5.75 Å². The van der Waals surface area contributed by atoms with Gasteiger partial charge in [-0.25, -0.2) is 4.68 Å². The van der Waals surface area contributed by atoms with Gasteiger partial charge < -0.3 is 15.4 Å². The zero-order chi connectivity index (χ0) is 17.1. The van der Waals surface area contributed by atoms with Crippen molar-refractivity contribution in [1.29, 1.82) is 0 Å². The number of amides is 1. The predicted molar refractivity (Wildman–Crippen MR) is 91.9 cm³/mol. The second-order valence-electron chi connectivity index (χ2n) is 5.82. The molecule has 128 valence electrons. The fourth-order valence-corrected chi connectivity index (χ4v) is 2.90. The first kappa shape index (κ1) is 16.7. The molecule has 0 bridgehead atoms. The number of aromatic nitrogens is 3. The number of benzene rings is 1. The topological polar surface area (TPSA) is 81.1 Å². The molecule has 1 aliphatic heterocycles. The summed E-state index contributed by atoms with van der Waals surface area (Å²) >= 11 is 6.08. The smallest absolute Gasteiger partial charge is 0.277 e. The molecule has 8 heteroatoms. The molecule has 1 aromatic heterocycles. The van der Waals surface area contributed by atoms with Crippen LogP contribution in [0.3, 0.4) is 0 Å². The standard InChI is InChI=1S/C16H20ClN5O2/c1-10-7-13(15(24-2)8-12(10)17)19-16(23)14-9-22(21-20-14)11-3-5-18-6-4-11/h7-9,11,18H,3-6H2,1-2H3,(H,19,23). The van der Waals surface area contributed by atoms with Gasteiger partial charge in [0.1, 0.15) is 5.75 Å². The number of methoxy groups -OCH3 is 1. The van der Waals surface area contributed by atoms with Crippen molar-refractivity contribution in [1.82, 2.24) is 20.3 Å². The summed E-state index contributed by atoms with van der Waals surface area (Å²) in [6.07, 6.45) is 3.66. The third-order valence-corrected chi connectivity index (χ3v) is 4.56. The number of nitrogens with one attached hydrogen (secondary N) is 2. The van der Waals surface area contributed by atoms with Gasteiger partial charge in [0.25, 0.3) is 5.91 Å². The zero-order valence-corrected chi connectivity index (χ0v) is 14.4. The summed E-state index contributed by atoms with van der Waals surface area (Å²) in [7, 11) is 1.53. The van der Waals surface area contributed by atoms with Gasteiger partial charge in [-0.1, -0.05) is 16.8 Å². The number of hydrogen-bond donors (Lipinski definition) is 2. The molecule has 0 aliphatic carbocycles. The van der Waals surface area contributed by atoms with E-state index >= 15 is 0 Å². The lowest BCUT2D eigenvalue weighted by molar-refractivity contribution is 0.102. The number of hydrogen-bond acceptors (Lipinski definition) is 5. The van der Waals surface area contributed by atoms with Gasteiger partial charge in [-0.15, -0.1) is 5.10 Å². The van der Waals surface area contributed by atoms with Gasteiger partial charge in [0.15, 0.2) is 5.69 Å². The number of piperidine rings is 1. The quantitative estimate of drug-likeness (QED) is 0.886. The Kier molecular flexibility index (Phi) is 5.01. The Morgan fingerprint density at radius 1 is 1.42 bits per heavy atom. The molecule has 0 radical (unpaired) electrons. The van der Waals surface area contributed by atoms with Crippen LogP contribution in [-0.2, 0) is 0 Å². The van der Waals surface area contributed by atoms with Crippen molar-refractivity contribution in [2.75, 3.05) is 25.5 Å². The molecule has 1 aliphatic rings. The molecule has 3 rings (SSSR count). The van der Waals surface area contributed by atoms with E-state index in [1.807, 2.05) is 6.92 Å². The molecule has 24 heavy (non-hydrogen) atoms. The molecular weight excluding hydrogens is 330 g/mol. The van der Waals surface area contributed by atoms with E-state index in [0.717, 1.165) is 31.5 Å². The van der Waals surface area contributed by atoms with Gasteiger partial charge in [-0.2, -0.15) is 0 Å². The monoisotopic (exact) mass is 349 g/mol. The molecule has 1 fully saturated rings. The van der Waals surface area contributed by atoms with Gasteiger partial charge in [-0.3, -0.25) is 4.79 Å². The van der Waals surface area contributed by atoms with Gasteiger partial charge in [0.2, 0.25) is 0 Å². The molecule has 1 aromatic carbocycles. The summed E-state index contributed by atoms with van der Waals surface area (Å²) < 4.78 is 7.05. The maximum Gasteiger partial charge on any atom is 0.277 e. The number of carbonyl (C=O) groups excluding carboxylic acids is 1. The van der Waals surface area contributed by atoms with Crippen molar-refractivity contribution in [2.45, 2.75) is 25.8 Å². The molecule has 1 amide bonds. The van der Waals surface area contributed by atoms with Gasteiger partial charge in [0, 0.05) is 11.1 Å². The number of rotatable bonds is 4. The number of halogens is 1. The molecular formula is C16H20ClN5O2. The van der Waals surface area contributed by atoms with Crippen LogP contribution in [0.15, 0.2) is 18.3 Å². The van der Waals surface area contributed by atoms with Crippen LogP contribution in [0.25, 0.3) is 0 Å². The summed E-state index contributed by atoms with van der Waals surface area (Å²) in [5.74, 6) is 0.180. The minimum Gasteiger partial charge on any atom is -0.495 e. The Labute approximate surface area is 145 Å². The number of carbonyl (C=O) groups is 1. The van der Waals surface area contributed by atoms with Crippen LogP contribution >= 0.6 is 11.6 Å². The predicted octanol–water partition coefficient (Wildman–Crippen LogP) is 2.43. The van der Waals surface area contributed by atoms with Crippen LogP contribution in [0.2, 0.25) is 5.02 Å². The fraction of sp³-hybridized carbons (Fsp3) is 0.438. The third kappa shape index (κ3) is 3.52. The molecule has 7 nitrogen and oxygen atoms in total. The molecule has 1 saturated heterocycles. The first-order valence-electron chi connectivity index (χ1n) is 7.86. The van der Waals surface area contributed by atoms with Crippen LogP contribution in [0, 0.1) is 6.92 Å². The van der Waals surface area contributed by atoms with E-state index in [2.05, 4.69) is 20.9 Å². The Bertz CT molecular complexity index is 740. The second kappa shape index (κ2) is 7.19. The summed E-state index contributed by atoms with van der Waals surface area (Å²) in [6, 6.07) is 3.74. The first-order valence-corrected chi connectivity index (χ1v) is 8.24. The summed E-state index contributed by atoms with van der Waals surface area (Å²) in [5, 5.41) is 14.8. The van der Waals surface area contributed by atoms with Crippen LogP contribution in [0.4, 0.5) is 5.69 Å². The molecule has 2 aromatic rings. The highest BCUT2D eigenvalue weighted by atomic mass is 35.5. The first-order chi connectivity index (χ1) is 11.6. The molecule has 2 heterocycles. The third-order valence-electron chi connectivity index (χ3n) is 4.15. The molecule has 0 spiro atoms. The van der Waals surface area contributed by atoms with Crippen molar-refractivity contribution in [3.63, 3.8) is 0 Å². The average Bonchev–Trinajstić information content (AvgIpc) is 3.09. The SMILES string of the molecule is COc1cc(Cl)c(C)cc1NC(=O)c1cn(C2CCNCC2)nn1. The lowest BCUT2D eigenvalue weighted by atomic mass is 10.1. The summed E-state index contributed by atoms with van der Waals surface area (Å²) in [4.78, 5) is 12.4. The van der Waals surface area contributed by atoms with Crippen LogP contribution < -0.4 is 15.4 Å². The van der Waals surface area contributed by atoms with E-state index in [-0.39, 0.29) is 17.6 Å². The Balaban J connectivity index is 1.76. The minimum atomic E-state index is -0.324. The van der Waals surface area contributed by atoms with E-state index in [0.29, 0.717) is 16.5 Å². The van der Waals surface area contributed by atoms with Gasteiger partial charge in [-0.05, 0) is 44.5 Å². The van der Waals surface area contributed by atoms with Crippen LogP contribution in [-0.4, -0.2) is 41.1 Å². The second-order valence-corrected chi connectivity index (χ2v) is 6.23. The fourth-order valence-electron chi connectivity index (χ4n) is 2.75. The van der Waals surface area contributed by atoms with Crippen molar-refractivity contribution in [3.05, 3.63) is 34.6 Å². The van der Waals surface area contributed by atoms with E-state index in [1.165, 1.54) is 7.11 Å². The van der Waals surface area contributed by atoms with Crippen LogP contribution in [0.1, 0.15) is 34.9 Å². The Morgan fingerprint density at radius 3 is 2.88 bits per heavy atom. The Morgan fingerprint density at radius 2 is 2.17 bits per heavy atom. The van der Waals surface area contributed by atoms with Crippen molar-refractivity contribution in [3.8, 4) is 5.75 Å². The molecule has 2 N–H and O–H groups in total. The van der Waals surface area contributed by atoms with E-state index < -0.39 is 0 Å². The maximum absolute atomic E-state index is 12.4. The number of aryl methyl sites for hydroxylation is 1. The van der Waals surface area contributed by atoms with E-state index in [9.17, 15) is 4.79 Å². The van der Waals surface area contributed by atoms with Crippen molar-refractivity contribution >= 4 is 23.2 Å². The Hall–Kier alpha value is -2.12. The maximum atomic E-state index is 12.4. The zero-order valence-electron chi connectivity index (χ0n) is 13.7. The van der Waals surface area contributed by atoms with Crippen molar-refractivity contribution in [2.24, 2.45) is 0 Å². The normalized spacial score (nSPS) is 15.3. The van der Waals surface area contributed by atoms with Gasteiger partial charge in [0.05, 0.1) is 25.0 Å². The van der Waals surface area contributed by atoms with Crippen molar-refractivity contribution < 1.29 is 9.53 Å². The van der Waals surface area contributed by atoms with E-state index in [4.69, 9.17) is 16.3 Å². The average molecular weight is 350 g/mol. The number of anilines is 1. The summed E-state index contributed by atoms with van der Waals surface area (Å²) in [5.41, 5.74) is 1.69. The molecule has 0 atom stereocenters. The molecule has 0 saturated carbocycles.